The summed E-state index contributed by atoms with van der Waals surface area (Å²) in [6, 6.07) is 5.08. The van der Waals surface area contributed by atoms with Crippen molar-refractivity contribution < 1.29 is 14.3 Å². The number of hydrogen-bond donors (Lipinski definition) is 2. The fourth-order valence-electron chi connectivity index (χ4n) is 1.78. The van der Waals surface area contributed by atoms with Gasteiger partial charge in [0.15, 0.2) is 0 Å². The zero-order valence-corrected chi connectivity index (χ0v) is 11.9. The Balaban J connectivity index is 2.94. The molecule has 0 aliphatic carbocycles. The van der Waals surface area contributed by atoms with Gasteiger partial charge < -0.3 is 20.5 Å². The fourth-order valence-corrected chi connectivity index (χ4v) is 1.78. The summed E-state index contributed by atoms with van der Waals surface area (Å²) in [5.74, 6) is 0.489. The lowest BCUT2D eigenvalue weighted by Crippen LogP contribution is -2.42. The molecule has 1 unspecified atom stereocenters. The van der Waals surface area contributed by atoms with Crippen LogP contribution in [0.15, 0.2) is 18.2 Å². The van der Waals surface area contributed by atoms with Gasteiger partial charge in [-0.1, -0.05) is 19.9 Å². The highest BCUT2D eigenvalue weighted by molar-refractivity contribution is 6.02. The molecule has 0 aromatic heterocycles. The molecule has 1 rings (SSSR count). The highest BCUT2D eigenvalue weighted by Gasteiger charge is 2.21. The summed E-state index contributed by atoms with van der Waals surface area (Å²) in [7, 11) is 3.12. The van der Waals surface area contributed by atoms with Gasteiger partial charge in [0, 0.05) is 12.8 Å². The number of rotatable bonds is 6. The summed E-state index contributed by atoms with van der Waals surface area (Å²) in [5.41, 5.74) is 6.62. The average Bonchev–Trinajstić information content (AvgIpc) is 2.37. The van der Waals surface area contributed by atoms with Gasteiger partial charge in [0.1, 0.15) is 11.3 Å². The molecular formula is C14H22N2O3. The first-order valence-electron chi connectivity index (χ1n) is 6.23. The number of nitrogens with two attached hydrogens (primary N) is 1. The Bertz CT molecular complexity index is 433. The number of hydrogen-bond acceptors (Lipinski definition) is 4. The fraction of sp³-hybridized carbons (Fsp3) is 0.500. The van der Waals surface area contributed by atoms with Gasteiger partial charge in [-0.3, -0.25) is 4.79 Å². The molecule has 0 saturated carbocycles. The van der Waals surface area contributed by atoms with E-state index in [1.807, 2.05) is 13.8 Å². The summed E-state index contributed by atoms with van der Waals surface area (Å²) in [4.78, 5) is 12.3. The summed E-state index contributed by atoms with van der Waals surface area (Å²) >= 11 is 0. The third-order valence-corrected chi connectivity index (χ3v) is 2.97. The Hall–Kier alpha value is -1.75. The van der Waals surface area contributed by atoms with Crippen molar-refractivity contribution in [1.29, 1.82) is 0 Å². The molecule has 1 aromatic carbocycles. The van der Waals surface area contributed by atoms with Crippen LogP contribution < -0.4 is 15.8 Å². The number of nitrogens with one attached hydrogen (secondary N) is 1. The number of ether oxygens (including phenoxy) is 2. The molecule has 0 heterocycles. The normalized spacial score (nSPS) is 12.3. The standard InChI is InChI=1S/C14H22N2O3/c1-9(2)11(8-18-3)16-14(17)13-10(15)6-5-7-12(13)19-4/h5-7,9,11H,8,15H2,1-4H3,(H,16,17). The van der Waals surface area contributed by atoms with Gasteiger partial charge in [-0.2, -0.15) is 0 Å². The first-order chi connectivity index (χ1) is 9.01. The minimum atomic E-state index is -0.245. The molecule has 19 heavy (non-hydrogen) atoms. The van der Waals surface area contributed by atoms with Crippen LogP contribution >= 0.6 is 0 Å². The highest BCUT2D eigenvalue weighted by atomic mass is 16.5. The van der Waals surface area contributed by atoms with Crippen LogP contribution in [0.4, 0.5) is 5.69 Å². The Labute approximate surface area is 114 Å². The molecule has 3 N–H and O–H groups in total. The second-order valence-electron chi connectivity index (χ2n) is 4.70. The largest absolute Gasteiger partial charge is 0.496 e. The molecule has 0 spiro atoms. The van der Waals surface area contributed by atoms with Crippen molar-refractivity contribution in [2.24, 2.45) is 5.92 Å². The Morgan fingerprint density at radius 1 is 1.37 bits per heavy atom. The minimum absolute atomic E-state index is 0.0678. The molecule has 0 aliphatic heterocycles. The summed E-state index contributed by atoms with van der Waals surface area (Å²) in [6.07, 6.45) is 0. The van der Waals surface area contributed by atoms with Crippen LogP contribution in [0.3, 0.4) is 0 Å². The van der Waals surface area contributed by atoms with Gasteiger partial charge >= 0.3 is 0 Å². The number of carbonyl (C=O) groups is 1. The predicted molar refractivity (Wildman–Crippen MR) is 75.4 cm³/mol. The van der Waals surface area contributed by atoms with Crippen molar-refractivity contribution in [3.8, 4) is 5.75 Å². The molecule has 1 amide bonds. The molecule has 0 radical (unpaired) electrons. The topological polar surface area (TPSA) is 73.6 Å². The highest BCUT2D eigenvalue weighted by Crippen LogP contribution is 2.24. The smallest absolute Gasteiger partial charge is 0.257 e. The maximum absolute atomic E-state index is 12.3. The van der Waals surface area contributed by atoms with Crippen molar-refractivity contribution in [2.75, 3.05) is 26.6 Å². The number of nitrogen functional groups attached to an aromatic ring is 1. The Morgan fingerprint density at radius 2 is 2.05 bits per heavy atom. The first kappa shape index (κ1) is 15.3. The van der Waals surface area contributed by atoms with Crippen LogP contribution in [-0.2, 0) is 4.74 Å². The van der Waals surface area contributed by atoms with E-state index in [-0.39, 0.29) is 17.9 Å². The molecule has 1 atom stereocenters. The third-order valence-electron chi connectivity index (χ3n) is 2.97. The average molecular weight is 266 g/mol. The monoisotopic (exact) mass is 266 g/mol. The molecule has 5 nitrogen and oxygen atoms in total. The van der Waals surface area contributed by atoms with Gasteiger partial charge in [-0.05, 0) is 18.1 Å². The van der Waals surface area contributed by atoms with E-state index < -0.39 is 0 Å². The summed E-state index contributed by atoms with van der Waals surface area (Å²) < 4.78 is 10.3. The molecule has 106 valence electrons. The van der Waals surface area contributed by atoms with Gasteiger partial charge in [0.2, 0.25) is 0 Å². The number of carbonyl (C=O) groups excluding carboxylic acids is 1. The van der Waals surface area contributed by atoms with E-state index in [2.05, 4.69) is 5.32 Å². The van der Waals surface area contributed by atoms with E-state index in [9.17, 15) is 4.79 Å². The van der Waals surface area contributed by atoms with Gasteiger partial charge in [0.05, 0.1) is 19.8 Å². The zero-order chi connectivity index (χ0) is 14.4. The van der Waals surface area contributed by atoms with Gasteiger partial charge in [-0.15, -0.1) is 0 Å². The van der Waals surface area contributed by atoms with Crippen molar-refractivity contribution in [2.45, 2.75) is 19.9 Å². The van der Waals surface area contributed by atoms with E-state index in [0.29, 0.717) is 23.6 Å². The van der Waals surface area contributed by atoms with Crippen LogP contribution in [0.1, 0.15) is 24.2 Å². The third kappa shape index (κ3) is 3.86. The Morgan fingerprint density at radius 3 is 2.58 bits per heavy atom. The zero-order valence-electron chi connectivity index (χ0n) is 11.9. The molecule has 0 aliphatic rings. The quantitative estimate of drug-likeness (QED) is 0.768. The minimum Gasteiger partial charge on any atom is -0.496 e. The van der Waals surface area contributed by atoms with Gasteiger partial charge in [-0.25, -0.2) is 0 Å². The molecule has 0 bridgehead atoms. The maximum atomic E-state index is 12.3. The molecular weight excluding hydrogens is 244 g/mol. The van der Waals surface area contributed by atoms with E-state index in [1.165, 1.54) is 7.11 Å². The summed E-state index contributed by atoms with van der Waals surface area (Å²) in [6.45, 7) is 4.50. The lowest BCUT2D eigenvalue weighted by molar-refractivity contribution is 0.0864. The second kappa shape index (κ2) is 6.99. The molecule has 5 heteroatoms. The van der Waals surface area contributed by atoms with Crippen LogP contribution in [0.5, 0.6) is 5.75 Å². The molecule has 0 saturated heterocycles. The lowest BCUT2D eigenvalue weighted by Gasteiger charge is -2.22. The number of benzene rings is 1. The van der Waals surface area contributed by atoms with E-state index in [1.54, 1.807) is 25.3 Å². The Kier molecular flexibility index (Phi) is 5.63. The van der Waals surface area contributed by atoms with E-state index >= 15 is 0 Å². The van der Waals surface area contributed by atoms with Crippen LogP contribution in [0, 0.1) is 5.92 Å². The van der Waals surface area contributed by atoms with Crippen molar-refractivity contribution in [3.63, 3.8) is 0 Å². The molecule has 0 fully saturated rings. The van der Waals surface area contributed by atoms with E-state index in [0.717, 1.165) is 0 Å². The van der Waals surface area contributed by atoms with Crippen molar-refractivity contribution in [3.05, 3.63) is 23.8 Å². The first-order valence-corrected chi connectivity index (χ1v) is 6.23. The number of anilines is 1. The maximum Gasteiger partial charge on any atom is 0.257 e. The lowest BCUT2D eigenvalue weighted by atomic mass is 10.0. The summed E-state index contributed by atoms with van der Waals surface area (Å²) in [5, 5.41) is 2.93. The van der Waals surface area contributed by atoms with Crippen molar-refractivity contribution in [1.82, 2.24) is 5.32 Å². The van der Waals surface area contributed by atoms with Gasteiger partial charge in [0.25, 0.3) is 5.91 Å². The number of amides is 1. The van der Waals surface area contributed by atoms with Crippen LogP contribution in [-0.4, -0.2) is 32.8 Å². The SMILES string of the molecule is COCC(NC(=O)c1c(N)cccc1OC)C(C)C. The van der Waals surface area contributed by atoms with Crippen molar-refractivity contribution >= 4 is 11.6 Å². The van der Waals surface area contributed by atoms with Crippen LogP contribution in [0.2, 0.25) is 0 Å². The predicted octanol–water partition coefficient (Wildman–Crippen LogP) is 1.68. The van der Waals surface area contributed by atoms with Crippen LogP contribution in [0.25, 0.3) is 0 Å². The van der Waals surface area contributed by atoms with E-state index in [4.69, 9.17) is 15.2 Å². The second-order valence-corrected chi connectivity index (χ2v) is 4.70. The molecule has 1 aromatic rings. The number of methoxy groups -OCH3 is 2.